The van der Waals surface area contributed by atoms with Crippen molar-refractivity contribution in [3.63, 3.8) is 0 Å². The number of hydrogen-bond donors (Lipinski definition) is 2. The number of ether oxygens (including phenoxy) is 1. The fourth-order valence-electron chi connectivity index (χ4n) is 2.63. The Bertz CT molecular complexity index is 1150. The molecule has 0 spiro atoms. The summed E-state index contributed by atoms with van der Waals surface area (Å²) in [5, 5.41) is 2.47. The van der Waals surface area contributed by atoms with Crippen LogP contribution in [0.15, 0.2) is 71.6 Å². The monoisotopic (exact) mass is 414 g/mol. The van der Waals surface area contributed by atoms with E-state index in [-0.39, 0.29) is 16.1 Å². The summed E-state index contributed by atoms with van der Waals surface area (Å²) >= 11 is 0. The maximum Gasteiger partial charge on any atom is 0.262 e. The molecule has 0 unspecified atom stereocenters. The van der Waals surface area contributed by atoms with E-state index in [0.717, 1.165) is 5.56 Å². The summed E-state index contributed by atoms with van der Waals surface area (Å²) in [6.45, 7) is 1.74. The van der Waals surface area contributed by atoms with Crippen molar-refractivity contribution >= 4 is 27.3 Å². The minimum absolute atomic E-state index is 0.0264. The number of carbonyl (C=O) groups excluding carboxylic acids is 1. The molecule has 0 radical (unpaired) electrons. The molecule has 0 heterocycles. The molecule has 6 nitrogen and oxygen atoms in total. The summed E-state index contributed by atoms with van der Waals surface area (Å²) in [6.07, 6.45) is 0. The molecule has 0 fully saturated rings. The number of hydrogen-bond acceptors (Lipinski definition) is 4. The molecule has 0 aliphatic heterocycles. The number of sulfonamides is 1. The Hall–Kier alpha value is -3.39. The van der Waals surface area contributed by atoms with Crippen molar-refractivity contribution in [3.8, 4) is 5.75 Å². The van der Waals surface area contributed by atoms with Gasteiger partial charge >= 0.3 is 0 Å². The van der Waals surface area contributed by atoms with Gasteiger partial charge in [0.1, 0.15) is 11.6 Å². The number of nitrogens with one attached hydrogen (secondary N) is 2. The van der Waals surface area contributed by atoms with Crippen molar-refractivity contribution in [2.24, 2.45) is 0 Å². The maximum atomic E-state index is 13.9. The molecule has 1 amide bonds. The SMILES string of the molecule is COc1ccccc1NS(=O)(=O)c1ccc(C(=O)Nc2ccc(C)cc2F)cc1. The van der Waals surface area contributed by atoms with Gasteiger partial charge in [0.05, 0.1) is 23.4 Å². The Morgan fingerprint density at radius 3 is 2.31 bits per heavy atom. The molecule has 150 valence electrons. The van der Waals surface area contributed by atoms with Crippen molar-refractivity contribution < 1.29 is 22.3 Å². The van der Waals surface area contributed by atoms with Crippen LogP contribution >= 0.6 is 0 Å². The lowest BCUT2D eigenvalue weighted by Crippen LogP contribution is -2.15. The predicted octanol–water partition coefficient (Wildman–Crippen LogP) is 4.20. The Labute approximate surface area is 168 Å². The number of amides is 1. The van der Waals surface area contributed by atoms with E-state index in [1.54, 1.807) is 37.3 Å². The first kappa shape index (κ1) is 20.3. The Kier molecular flexibility index (Phi) is 5.84. The Balaban J connectivity index is 1.77. The molecular weight excluding hydrogens is 395 g/mol. The average molecular weight is 414 g/mol. The normalized spacial score (nSPS) is 11.0. The predicted molar refractivity (Wildman–Crippen MR) is 109 cm³/mol. The summed E-state index contributed by atoms with van der Waals surface area (Å²) in [5.74, 6) is -0.708. The van der Waals surface area contributed by atoms with Gasteiger partial charge in [0, 0.05) is 5.56 Å². The lowest BCUT2D eigenvalue weighted by Gasteiger charge is -2.12. The second kappa shape index (κ2) is 8.32. The van der Waals surface area contributed by atoms with Crippen LogP contribution < -0.4 is 14.8 Å². The molecular formula is C21H19FN2O4S. The van der Waals surface area contributed by atoms with Crippen LogP contribution in [0.1, 0.15) is 15.9 Å². The zero-order valence-electron chi connectivity index (χ0n) is 15.8. The third-order valence-electron chi connectivity index (χ3n) is 4.15. The molecule has 3 aromatic rings. The number of methoxy groups -OCH3 is 1. The number of benzene rings is 3. The van der Waals surface area contributed by atoms with Crippen LogP contribution in [0.4, 0.5) is 15.8 Å². The third kappa shape index (κ3) is 4.72. The van der Waals surface area contributed by atoms with Crippen LogP contribution in [0.5, 0.6) is 5.75 Å². The minimum atomic E-state index is -3.88. The van der Waals surface area contributed by atoms with Gasteiger partial charge in [-0.05, 0) is 61.0 Å². The highest BCUT2D eigenvalue weighted by Crippen LogP contribution is 2.26. The molecule has 0 saturated carbocycles. The molecule has 0 atom stereocenters. The fraction of sp³-hybridized carbons (Fsp3) is 0.0952. The van der Waals surface area contributed by atoms with Crippen LogP contribution in [-0.2, 0) is 10.0 Å². The molecule has 3 aromatic carbocycles. The van der Waals surface area contributed by atoms with Crippen LogP contribution in [0.2, 0.25) is 0 Å². The summed E-state index contributed by atoms with van der Waals surface area (Å²) in [4.78, 5) is 12.3. The summed E-state index contributed by atoms with van der Waals surface area (Å²) < 4.78 is 46.7. The van der Waals surface area contributed by atoms with E-state index < -0.39 is 21.7 Å². The zero-order chi connectivity index (χ0) is 21.0. The average Bonchev–Trinajstić information content (AvgIpc) is 2.70. The van der Waals surface area contributed by atoms with Gasteiger partial charge in [-0.15, -0.1) is 0 Å². The molecule has 2 N–H and O–H groups in total. The molecule has 29 heavy (non-hydrogen) atoms. The molecule has 8 heteroatoms. The van der Waals surface area contributed by atoms with E-state index in [1.807, 2.05) is 0 Å². The van der Waals surface area contributed by atoms with Crippen molar-refractivity contribution in [2.45, 2.75) is 11.8 Å². The van der Waals surface area contributed by atoms with E-state index in [1.165, 1.54) is 43.5 Å². The second-order valence-electron chi connectivity index (χ2n) is 6.27. The topological polar surface area (TPSA) is 84.5 Å². The largest absolute Gasteiger partial charge is 0.495 e. The summed E-state index contributed by atoms with van der Waals surface area (Å²) in [5.41, 5.74) is 1.28. The van der Waals surface area contributed by atoms with Crippen LogP contribution in [-0.4, -0.2) is 21.4 Å². The van der Waals surface area contributed by atoms with Crippen LogP contribution in [0, 0.1) is 12.7 Å². The highest BCUT2D eigenvalue weighted by molar-refractivity contribution is 7.92. The van der Waals surface area contributed by atoms with E-state index >= 15 is 0 Å². The highest BCUT2D eigenvalue weighted by atomic mass is 32.2. The first-order valence-electron chi connectivity index (χ1n) is 8.63. The van der Waals surface area contributed by atoms with Crippen LogP contribution in [0.25, 0.3) is 0 Å². The zero-order valence-corrected chi connectivity index (χ0v) is 16.6. The number of anilines is 2. The Morgan fingerprint density at radius 1 is 0.966 bits per heavy atom. The van der Waals surface area contributed by atoms with Crippen LogP contribution in [0.3, 0.4) is 0 Å². The Morgan fingerprint density at radius 2 is 1.66 bits per heavy atom. The number of para-hydroxylation sites is 2. The number of rotatable bonds is 6. The van der Waals surface area contributed by atoms with Gasteiger partial charge in [0.25, 0.3) is 15.9 Å². The van der Waals surface area contributed by atoms with Gasteiger partial charge in [-0.1, -0.05) is 18.2 Å². The summed E-state index contributed by atoms with van der Waals surface area (Å²) in [6, 6.07) is 16.4. The van der Waals surface area contributed by atoms with E-state index in [2.05, 4.69) is 10.0 Å². The third-order valence-corrected chi connectivity index (χ3v) is 5.53. The highest BCUT2D eigenvalue weighted by Gasteiger charge is 2.17. The van der Waals surface area contributed by atoms with E-state index in [9.17, 15) is 17.6 Å². The van der Waals surface area contributed by atoms with Gasteiger partial charge in [-0.3, -0.25) is 9.52 Å². The first-order chi connectivity index (χ1) is 13.8. The van der Waals surface area contributed by atoms with Crippen molar-refractivity contribution in [1.82, 2.24) is 0 Å². The molecule has 0 aliphatic carbocycles. The molecule has 0 bridgehead atoms. The van der Waals surface area contributed by atoms with Gasteiger partial charge in [-0.2, -0.15) is 0 Å². The maximum absolute atomic E-state index is 13.9. The smallest absolute Gasteiger partial charge is 0.262 e. The van der Waals surface area contributed by atoms with Gasteiger partial charge in [0.2, 0.25) is 0 Å². The van der Waals surface area contributed by atoms with Gasteiger partial charge in [-0.25, -0.2) is 12.8 Å². The van der Waals surface area contributed by atoms with E-state index in [0.29, 0.717) is 11.4 Å². The molecule has 0 aromatic heterocycles. The lowest BCUT2D eigenvalue weighted by atomic mass is 10.2. The number of halogens is 1. The quantitative estimate of drug-likeness (QED) is 0.633. The standard InChI is InChI=1S/C21H19FN2O4S/c1-14-7-12-18(17(22)13-14)23-21(25)15-8-10-16(11-9-15)29(26,27)24-19-5-3-4-6-20(19)28-2/h3-13,24H,1-2H3,(H,23,25). The minimum Gasteiger partial charge on any atom is -0.495 e. The van der Waals surface area contributed by atoms with Crippen molar-refractivity contribution in [3.05, 3.63) is 83.7 Å². The van der Waals surface area contributed by atoms with Crippen molar-refractivity contribution in [1.29, 1.82) is 0 Å². The molecule has 3 rings (SSSR count). The molecule has 0 saturated heterocycles. The lowest BCUT2D eigenvalue weighted by molar-refractivity contribution is 0.102. The van der Waals surface area contributed by atoms with E-state index in [4.69, 9.17) is 4.74 Å². The number of aryl methyl sites for hydroxylation is 1. The number of carbonyl (C=O) groups is 1. The summed E-state index contributed by atoms with van der Waals surface area (Å²) in [7, 11) is -2.44. The first-order valence-corrected chi connectivity index (χ1v) is 10.1. The van der Waals surface area contributed by atoms with Gasteiger partial charge < -0.3 is 10.1 Å². The van der Waals surface area contributed by atoms with Crippen molar-refractivity contribution in [2.75, 3.05) is 17.1 Å². The fourth-order valence-corrected chi connectivity index (χ4v) is 3.70. The molecule has 0 aliphatic rings. The second-order valence-corrected chi connectivity index (χ2v) is 7.95. The van der Waals surface area contributed by atoms with Gasteiger partial charge in [0.15, 0.2) is 0 Å².